The zero-order chi connectivity index (χ0) is 18.3. The number of esters is 2. The molecule has 0 radical (unpaired) electrons. The summed E-state index contributed by atoms with van der Waals surface area (Å²) < 4.78 is 16.9. The minimum Gasteiger partial charge on any atom is -0.464 e. The molecule has 0 aliphatic carbocycles. The van der Waals surface area contributed by atoms with Gasteiger partial charge in [0.25, 0.3) is 0 Å². The van der Waals surface area contributed by atoms with Crippen LogP contribution in [-0.2, 0) is 9.47 Å². The molecule has 0 unspecified atom stereocenters. The lowest BCUT2D eigenvalue weighted by Gasteiger charge is -2.00. The van der Waals surface area contributed by atoms with E-state index in [9.17, 15) is 9.59 Å². The van der Waals surface area contributed by atoms with Crippen molar-refractivity contribution in [2.75, 3.05) is 25.7 Å². The Labute approximate surface area is 147 Å². The summed E-state index contributed by atoms with van der Waals surface area (Å²) in [7, 11) is 2.56. The van der Waals surface area contributed by atoms with Gasteiger partial charge in [-0.2, -0.15) is 0 Å². The van der Waals surface area contributed by atoms with Crippen LogP contribution in [-0.4, -0.2) is 36.1 Å². The van der Waals surface area contributed by atoms with E-state index >= 15 is 0 Å². The summed E-state index contributed by atoms with van der Waals surface area (Å²) >= 11 is 2.04. The maximum atomic E-state index is 10.9. The number of carbonyl (C=O) groups excluding carboxylic acids is 2. The lowest BCUT2D eigenvalue weighted by molar-refractivity contribution is 0.0585. The highest BCUT2D eigenvalue weighted by Gasteiger charge is 2.08. The molecule has 23 heavy (non-hydrogen) atoms. The van der Waals surface area contributed by atoms with Crippen molar-refractivity contribution >= 4 is 45.9 Å². The van der Waals surface area contributed by atoms with Crippen molar-refractivity contribution in [1.29, 1.82) is 0 Å². The van der Waals surface area contributed by atoms with Gasteiger partial charge < -0.3 is 20.9 Å². The number of carbonyl (C=O) groups is 2. The first-order valence-electron chi connectivity index (χ1n) is 6.59. The lowest BCUT2D eigenvalue weighted by Crippen LogP contribution is -2.05. The minimum absolute atomic E-state index is 0.0997. The molecule has 2 heterocycles. The number of methoxy groups -OCH3 is 2. The molecule has 0 saturated heterocycles. The summed E-state index contributed by atoms with van der Waals surface area (Å²) in [6.07, 6.45) is 2.74. The van der Waals surface area contributed by atoms with E-state index in [1.807, 2.05) is 22.6 Å². The smallest absolute Gasteiger partial charge is 0.356 e. The Morgan fingerprint density at radius 2 is 1.70 bits per heavy atom. The molecule has 0 fully saturated rings. The van der Waals surface area contributed by atoms with Crippen molar-refractivity contribution in [3.8, 4) is 0 Å². The molecular formula is C14H15IN4O4. The largest absolute Gasteiger partial charge is 0.464 e. The van der Waals surface area contributed by atoms with Crippen LogP contribution in [0.25, 0.3) is 0 Å². The average molecular weight is 431 g/mol. The maximum Gasteiger partial charge on any atom is 0.356 e. The SMILES string of the molecule is COC(=O)c1cc(N)c(I)cn1.[2H]c1cnc(C(=O)OC)cc1N. The first-order chi connectivity index (χ1) is 11.3. The van der Waals surface area contributed by atoms with Crippen molar-refractivity contribution in [2.24, 2.45) is 0 Å². The van der Waals surface area contributed by atoms with E-state index in [0.29, 0.717) is 5.69 Å². The average Bonchev–Trinajstić information content (AvgIpc) is 2.58. The zero-order valence-corrected chi connectivity index (χ0v) is 14.5. The second-order valence-corrected chi connectivity index (χ2v) is 5.12. The van der Waals surface area contributed by atoms with Crippen LogP contribution in [0.2, 0.25) is 0 Å². The molecule has 0 amide bonds. The molecule has 122 valence electrons. The number of anilines is 2. The molecule has 0 spiro atoms. The zero-order valence-electron chi connectivity index (χ0n) is 13.4. The fourth-order valence-electron chi connectivity index (χ4n) is 1.29. The molecular weight excluding hydrogens is 415 g/mol. The van der Waals surface area contributed by atoms with E-state index in [0.717, 1.165) is 3.57 Å². The highest BCUT2D eigenvalue weighted by molar-refractivity contribution is 14.1. The summed E-state index contributed by atoms with van der Waals surface area (Å²) in [6, 6.07) is 2.91. The van der Waals surface area contributed by atoms with Crippen LogP contribution in [0, 0.1) is 3.57 Å². The van der Waals surface area contributed by atoms with E-state index in [4.69, 9.17) is 12.8 Å². The first kappa shape index (κ1) is 16.9. The van der Waals surface area contributed by atoms with E-state index in [-0.39, 0.29) is 23.1 Å². The lowest BCUT2D eigenvalue weighted by atomic mass is 10.3. The number of nitrogens with two attached hydrogens (primary N) is 2. The van der Waals surface area contributed by atoms with Gasteiger partial charge in [0.05, 0.1) is 19.2 Å². The standard InChI is InChI=1S/C7H7IN2O2.C7H8N2O2/c1-12-7(11)6-2-5(9)4(8)3-10-6;1-11-7(10)6-4-5(8)2-3-9-6/h2-3H,1H3,(H2,9,10);2-4H,1H3,(H2,8,9)/i;2D. The van der Waals surface area contributed by atoms with Crippen molar-refractivity contribution < 1.29 is 20.4 Å². The summed E-state index contributed by atoms with van der Waals surface area (Å²) in [6.45, 7) is 0. The number of nitrogen functional groups attached to an aromatic ring is 2. The molecule has 2 aromatic heterocycles. The van der Waals surface area contributed by atoms with Gasteiger partial charge in [-0.3, -0.25) is 0 Å². The molecule has 0 saturated carbocycles. The van der Waals surface area contributed by atoms with E-state index in [1.165, 1.54) is 38.7 Å². The number of ether oxygens (including phenoxy) is 2. The van der Waals surface area contributed by atoms with Crippen LogP contribution < -0.4 is 11.5 Å². The second-order valence-electron chi connectivity index (χ2n) is 3.96. The van der Waals surface area contributed by atoms with Crippen LogP contribution in [0.4, 0.5) is 11.4 Å². The van der Waals surface area contributed by atoms with Crippen molar-refractivity contribution in [2.45, 2.75) is 0 Å². The summed E-state index contributed by atoms with van der Waals surface area (Å²) in [5.74, 6) is -1.03. The molecule has 9 heteroatoms. The van der Waals surface area contributed by atoms with E-state index < -0.39 is 11.9 Å². The Kier molecular flexibility index (Phi) is 6.54. The number of hydrogen-bond acceptors (Lipinski definition) is 8. The van der Waals surface area contributed by atoms with Crippen LogP contribution in [0.5, 0.6) is 0 Å². The second kappa shape index (κ2) is 8.88. The molecule has 0 aliphatic rings. The quantitative estimate of drug-likeness (QED) is 0.541. The van der Waals surface area contributed by atoms with Gasteiger partial charge >= 0.3 is 11.9 Å². The van der Waals surface area contributed by atoms with Gasteiger partial charge in [0.1, 0.15) is 11.4 Å². The number of hydrogen-bond donors (Lipinski definition) is 2. The summed E-state index contributed by atoms with van der Waals surface area (Å²) in [5, 5.41) is 0. The Bertz CT molecular complexity index is 694. The normalized spacial score (nSPS) is 9.96. The molecule has 2 aromatic rings. The fourth-order valence-corrected chi connectivity index (χ4v) is 1.58. The Morgan fingerprint density at radius 3 is 2.17 bits per heavy atom. The third-order valence-electron chi connectivity index (χ3n) is 2.40. The molecule has 8 nitrogen and oxygen atoms in total. The van der Waals surface area contributed by atoms with E-state index in [2.05, 4.69) is 19.4 Å². The monoisotopic (exact) mass is 431 g/mol. The van der Waals surface area contributed by atoms with Gasteiger partial charge in [-0.05, 0) is 40.8 Å². The highest BCUT2D eigenvalue weighted by atomic mass is 127. The Hall–Kier alpha value is -2.43. The molecule has 0 atom stereocenters. The van der Waals surface area contributed by atoms with Gasteiger partial charge in [-0.25, -0.2) is 19.6 Å². The summed E-state index contributed by atoms with van der Waals surface area (Å²) in [4.78, 5) is 29.3. The minimum atomic E-state index is -0.554. The molecule has 0 aliphatic heterocycles. The van der Waals surface area contributed by atoms with Gasteiger partial charge in [-0.15, -0.1) is 0 Å². The predicted octanol–water partition coefficient (Wildman–Crippen LogP) is 1.51. The number of pyridine rings is 2. The van der Waals surface area contributed by atoms with Crippen LogP contribution in [0.1, 0.15) is 22.3 Å². The fraction of sp³-hybridized carbons (Fsp3) is 0.143. The number of aromatic nitrogens is 2. The third kappa shape index (κ3) is 5.70. The maximum absolute atomic E-state index is 10.9. The molecule has 2 rings (SSSR count). The molecule has 4 N–H and O–H groups in total. The number of halogens is 1. The van der Waals surface area contributed by atoms with Gasteiger partial charge in [0.15, 0.2) is 0 Å². The van der Waals surface area contributed by atoms with Crippen LogP contribution in [0.3, 0.4) is 0 Å². The van der Waals surface area contributed by atoms with Crippen molar-refractivity contribution in [1.82, 2.24) is 9.97 Å². The van der Waals surface area contributed by atoms with Crippen molar-refractivity contribution in [3.63, 3.8) is 0 Å². The molecule has 0 aromatic carbocycles. The Morgan fingerprint density at radius 1 is 1.13 bits per heavy atom. The first-order valence-corrected chi connectivity index (χ1v) is 7.17. The third-order valence-corrected chi connectivity index (χ3v) is 3.30. The predicted molar refractivity (Wildman–Crippen MR) is 92.7 cm³/mol. The molecule has 0 bridgehead atoms. The van der Waals surface area contributed by atoms with Crippen LogP contribution >= 0.6 is 22.6 Å². The van der Waals surface area contributed by atoms with Crippen LogP contribution in [0.15, 0.2) is 30.6 Å². The summed E-state index contributed by atoms with van der Waals surface area (Å²) in [5.41, 5.74) is 12.0. The van der Waals surface area contributed by atoms with Crippen molar-refractivity contribution in [3.05, 3.63) is 45.5 Å². The Balaban J connectivity index is 0.000000240. The van der Waals surface area contributed by atoms with Gasteiger partial charge in [0.2, 0.25) is 0 Å². The number of rotatable bonds is 2. The topological polar surface area (TPSA) is 130 Å². The highest BCUT2D eigenvalue weighted by Crippen LogP contribution is 2.14. The van der Waals surface area contributed by atoms with Gasteiger partial charge in [0, 0.05) is 23.8 Å². The van der Waals surface area contributed by atoms with E-state index in [1.54, 1.807) is 0 Å². The number of nitrogens with zero attached hydrogens (tertiary/aromatic N) is 2. The van der Waals surface area contributed by atoms with Gasteiger partial charge in [-0.1, -0.05) is 0 Å².